The molecule has 0 aliphatic carbocycles. The fourth-order valence-electron chi connectivity index (χ4n) is 3.51. The Morgan fingerprint density at radius 1 is 0.667 bits per heavy atom. The molecular weight excluding hydrogens is 328 g/mol. The number of hydrogen-bond acceptors (Lipinski definition) is 1. The fourth-order valence-corrected chi connectivity index (χ4v) is 3.51. The quantitative estimate of drug-likeness (QED) is 0.184. The first-order chi connectivity index (χ1) is 13.3. The van der Waals surface area contributed by atoms with Gasteiger partial charge in [0.15, 0.2) is 0 Å². The summed E-state index contributed by atoms with van der Waals surface area (Å²) in [5, 5.41) is 0. The smallest absolute Gasteiger partial charge is 0.129 e. The molecule has 1 aromatic rings. The number of rotatable bonds is 18. The second kappa shape index (κ2) is 18.1. The molecule has 0 spiro atoms. The van der Waals surface area contributed by atoms with Crippen molar-refractivity contribution in [3.63, 3.8) is 0 Å². The van der Waals surface area contributed by atoms with Gasteiger partial charge in [-0.15, -0.1) is 0 Å². The second-order valence-electron chi connectivity index (χ2n) is 7.99. The van der Waals surface area contributed by atoms with Gasteiger partial charge in [0, 0.05) is 0 Å². The molecule has 1 heteroatoms. The van der Waals surface area contributed by atoms with Gasteiger partial charge in [-0.1, -0.05) is 115 Å². The number of benzene rings is 1. The van der Waals surface area contributed by atoms with E-state index >= 15 is 0 Å². The van der Waals surface area contributed by atoms with Crippen LogP contribution in [0, 0.1) is 6.92 Å². The first-order valence-corrected chi connectivity index (χ1v) is 11.7. The topological polar surface area (TPSA) is 9.23 Å². The minimum absolute atomic E-state index is 0.963. The van der Waals surface area contributed by atoms with E-state index in [0.29, 0.717) is 0 Å². The minimum Gasteiger partial charge on any atom is -0.465 e. The number of para-hydroxylation sites is 1. The van der Waals surface area contributed by atoms with Crippen molar-refractivity contribution in [2.24, 2.45) is 0 Å². The van der Waals surface area contributed by atoms with Crippen LogP contribution in [0.15, 0.2) is 36.6 Å². The predicted octanol–water partition coefficient (Wildman–Crippen LogP) is 9.15. The highest BCUT2D eigenvalue weighted by atomic mass is 16.5. The van der Waals surface area contributed by atoms with E-state index in [9.17, 15) is 0 Å². The summed E-state index contributed by atoms with van der Waals surface area (Å²) in [4.78, 5) is 0. The maximum absolute atomic E-state index is 5.68. The zero-order valence-corrected chi connectivity index (χ0v) is 18.2. The molecule has 0 saturated heterocycles. The summed E-state index contributed by atoms with van der Waals surface area (Å²) in [5.41, 5.74) is 1.19. The van der Waals surface area contributed by atoms with Crippen molar-refractivity contribution in [2.75, 3.05) is 0 Å². The third-order valence-corrected chi connectivity index (χ3v) is 5.36. The maximum Gasteiger partial charge on any atom is 0.129 e. The SMILES string of the molecule is CCCCCCCCCCCCCCCCCC=COc1ccccc1C. The van der Waals surface area contributed by atoms with Crippen molar-refractivity contribution in [1.29, 1.82) is 0 Å². The molecular formula is C26H44O. The van der Waals surface area contributed by atoms with Gasteiger partial charge >= 0.3 is 0 Å². The molecule has 0 heterocycles. The van der Waals surface area contributed by atoms with Crippen LogP contribution in [0.5, 0.6) is 5.75 Å². The summed E-state index contributed by atoms with van der Waals surface area (Å²) >= 11 is 0. The second-order valence-corrected chi connectivity index (χ2v) is 7.99. The highest BCUT2D eigenvalue weighted by Gasteiger charge is 1.95. The summed E-state index contributed by atoms with van der Waals surface area (Å²) in [6.07, 6.45) is 26.5. The Hall–Kier alpha value is -1.24. The van der Waals surface area contributed by atoms with E-state index in [4.69, 9.17) is 4.74 Å². The van der Waals surface area contributed by atoms with E-state index in [1.807, 2.05) is 24.5 Å². The molecule has 0 fully saturated rings. The highest BCUT2D eigenvalue weighted by Crippen LogP contribution is 2.17. The van der Waals surface area contributed by atoms with Crippen molar-refractivity contribution in [2.45, 2.75) is 117 Å². The van der Waals surface area contributed by atoms with Crippen molar-refractivity contribution < 1.29 is 4.74 Å². The van der Waals surface area contributed by atoms with Gasteiger partial charge in [0.2, 0.25) is 0 Å². The molecule has 0 unspecified atom stereocenters. The number of unbranched alkanes of at least 4 members (excludes halogenated alkanes) is 15. The Morgan fingerprint density at radius 2 is 1.15 bits per heavy atom. The average Bonchev–Trinajstić information content (AvgIpc) is 2.68. The Morgan fingerprint density at radius 3 is 1.67 bits per heavy atom. The first-order valence-electron chi connectivity index (χ1n) is 11.7. The Bertz CT molecular complexity index is 463. The van der Waals surface area contributed by atoms with Gasteiger partial charge in [-0.25, -0.2) is 0 Å². The molecule has 0 bridgehead atoms. The number of hydrogen-bond donors (Lipinski definition) is 0. The lowest BCUT2D eigenvalue weighted by Gasteiger charge is -2.04. The first kappa shape index (κ1) is 23.8. The Labute approximate surface area is 169 Å². The molecule has 1 nitrogen and oxygen atoms in total. The molecule has 1 rings (SSSR count). The molecule has 0 N–H and O–H groups in total. The van der Waals surface area contributed by atoms with Crippen LogP contribution in [0.4, 0.5) is 0 Å². The van der Waals surface area contributed by atoms with Crippen LogP contribution in [0.25, 0.3) is 0 Å². The predicted molar refractivity (Wildman–Crippen MR) is 120 cm³/mol. The lowest BCUT2D eigenvalue weighted by molar-refractivity contribution is 0.473. The third-order valence-electron chi connectivity index (χ3n) is 5.36. The molecule has 154 valence electrons. The van der Waals surface area contributed by atoms with E-state index in [2.05, 4.69) is 26.0 Å². The van der Waals surface area contributed by atoms with Gasteiger partial charge in [-0.05, 0) is 37.5 Å². The standard InChI is InChI=1S/C26H44O/c1-3-4-5-6-7-8-9-10-11-12-13-14-15-16-17-18-21-24-27-26-23-20-19-22-25(26)2/h19-24H,3-18H2,1-2H3. The van der Waals surface area contributed by atoms with Gasteiger partial charge in [-0.3, -0.25) is 0 Å². The van der Waals surface area contributed by atoms with E-state index in [0.717, 1.165) is 12.2 Å². The van der Waals surface area contributed by atoms with Crippen molar-refractivity contribution in [1.82, 2.24) is 0 Å². The van der Waals surface area contributed by atoms with Crippen LogP contribution >= 0.6 is 0 Å². The maximum atomic E-state index is 5.68. The van der Waals surface area contributed by atoms with E-state index in [1.54, 1.807) is 0 Å². The zero-order valence-electron chi connectivity index (χ0n) is 18.2. The lowest BCUT2D eigenvalue weighted by atomic mass is 10.0. The van der Waals surface area contributed by atoms with Crippen molar-refractivity contribution in [3.8, 4) is 5.75 Å². The highest BCUT2D eigenvalue weighted by molar-refractivity contribution is 5.32. The van der Waals surface area contributed by atoms with E-state index in [1.165, 1.54) is 102 Å². The molecule has 27 heavy (non-hydrogen) atoms. The van der Waals surface area contributed by atoms with Gasteiger partial charge < -0.3 is 4.74 Å². The van der Waals surface area contributed by atoms with Gasteiger partial charge in [0.25, 0.3) is 0 Å². The zero-order chi connectivity index (χ0) is 19.4. The number of ether oxygens (including phenoxy) is 1. The van der Waals surface area contributed by atoms with Crippen LogP contribution < -0.4 is 4.74 Å². The molecule has 0 aromatic heterocycles. The minimum atomic E-state index is 0.963. The van der Waals surface area contributed by atoms with Gasteiger partial charge in [-0.2, -0.15) is 0 Å². The number of allylic oxidation sites excluding steroid dienone is 1. The van der Waals surface area contributed by atoms with Gasteiger partial charge in [0.05, 0.1) is 6.26 Å². The molecule has 0 amide bonds. The normalized spacial score (nSPS) is 11.3. The largest absolute Gasteiger partial charge is 0.465 e. The van der Waals surface area contributed by atoms with Crippen LogP contribution in [0.2, 0.25) is 0 Å². The van der Waals surface area contributed by atoms with Crippen LogP contribution in [-0.4, -0.2) is 0 Å². The lowest BCUT2D eigenvalue weighted by Crippen LogP contribution is -1.85. The Balaban J connectivity index is 1.78. The molecule has 1 aromatic carbocycles. The van der Waals surface area contributed by atoms with E-state index < -0.39 is 0 Å². The fraction of sp³-hybridized carbons (Fsp3) is 0.692. The third kappa shape index (κ3) is 14.5. The van der Waals surface area contributed by atoms with Crippen molar-refractivity contribution in [3.05, 3.63) is 42.2 Å². The summed E-state index contributed by atoms with van der Waals surface area (Å²) in [6.45, 7) is 4.37. The van der Waals surface area contributed by atoms with Crippen LogP contribution in [0.1, 0.15) is 115 Å². The monoisotopic (exact) mass is 372 g/mol. The molecule has 0 radical (unpaired) electrons. The Kier molecular flexibility index (Phi) is 16.0. The van der Waals surface area contributed by atoms with E-state index in [-0.39, 0.29) is 0 Å². The molecule has 0 aliphatic heterocycles. The molecule has 0 saturated carbocycles. The number of aryl methyl sites for hydroxylation is 1. The summed E-state index contributed by atoms with van der Waals surface area (Å²) in [5.74, 6) is 0.963. The van der Waals surface area contributed by atoms with Crippen LogP contribution in [-0.2, 0) is 0 Å². The molecule has 0 aliphatic rings. The average molecular weight is 373 g/mol. The summed E-state index contributed by atoms with van der Waals surface area (Å²) in [6, 6.07) is 8.16. The summed E-state index contributed by atoms with van der Waals surface area (Å²) < 4.78 is 5.68. The van der Waals surface area contributed by atoms with Gasteiger partial charge in [0.1, 0.15) is 5.75 Å². The molecule has 0 atom stereocenters. The van der Waals surface area contributed by atoms with Crippen LogP contribution in [0.3, 0.4) is 0 Å². The van der Waals surface area contributed by atoms with Crippen molar-refractivity contribution >= 4 is 0 Å². The summed E-state index contributed by atoms with van der Waals surface area (Å²) in [7, 11) is 0.